The lowest BCUT2D eigenvalue weighted by Gasteiger charge is -2.29. The molecular weight excluding hydrogens is 252 g/mol. The quantitative estimate of drug-likeness (QED) is 0.704. The maximum absolute atomic E-state index is 5.24. The van der Waals surface area contributed by atoms with E-state index < -0.39 is 0 Å². The first kappa shape index (κ1) is 17.0. The van der Waals surface area contributed by atoms with Crippen molar-refractivity contribution in [2.24, 2.45) is 7.05 Å². The second-order valence-electron chi connectivity index (χ2n) is 5.47. The van der Waals surface area contributed by atoms with Crippen LogP contribution in [0.25, 0.3) is 0 Å². The van der Waals surface area contributed by atoms with Gasteiger partial charge in [0, 0.05) is 38.9 Å². The van der Waals surface area contributed by atoms with Gasteiger partial charge in [-0.3, -0.25) is 4.68 Å². The maximum atomic E-state index is 5.24. The van der Waals surface area contributed by atoms with Crippen molar-refractivity contribution in [3.8, 4) is 0 Å². The zero-order valence-electron chi connectivity index (χ0n) is 13.9. The molecule has 1 aromatic rings. The summed E-state index contributed by atoms with van der Waals surface area (Å²) in [5.41, 5.74) is 2.40. The van der Waals surface area contributed by atoms with Gasteiger partial charge in [0.05, 0.1) is 12.3 Å². The highest BCUT2D eigenvalue weighted by atomic mass is 16.5. The molecule has 0 bridgehead atoms. The predicted octanol–water partition coefficient (Wildman–Crippen LogP) is 2.09. The van der Waals surface area contributed by atoms with E-state index in [1.54, 1.807) is 7.11 Å². The summed E-state index contributed by atoms with van der Waals surface area (Å²) in [6.45, 7) is 12.2. The zero-order valence-corrected chi connectivity index (χ0v) is 13.9. The van der Waals surface area contributed by atoms with E-state index in [9.17, 15) is 0 Å². The number of rotatable bonds is 9. The van der Waals surface area contributed by atoms with Crippen LogP contribution in [0.1, 0.15) is 38.4 Å². The Bertz CT molecular complexity index is 401. The first-order valence-corrected chi connectivity index (χ1v) is 7.51. The van der Waals surface area contributed by atoms with Gasteiger partial charge in [0.25, 0.3) is 0 Å². The molecule has 0 fully saturated rings. The van der Waals surface area contributed by atoms with E-state index in [0.717, 1.165) is 38.4 Å². The zero-order chi connectivity index (χ0) is 15.1. The van der Waals surface area contributed by atoms with Gasteiger partial charge in [-0.05, 0) is 33.7 Å². The summed E-state index contributed by atoms with van der Waals surface area (Å²) in [4.78, 5) is 2.37. The highest BCUT2D eigenvalue weighted by Gasteiger charge is 2.20. The van der Waals surface area contributed by atoms with E-state index in [2.05, 4.69) is 43.0 Å². The molecule has 0 unspecified atom stereocenters. The summed E-state index contributed by atoms with van der Waals surface area (Å²) in [5.74, 6) is 1.21. The summed E-state index contributed by atoms with van der Waals surface area (Å²) in [7, 11) is 3.77. The van der Waals surface area contributed by atoms with Gasteiger partial charge in [-0.2, -0.15) is 5.10 Å². The van der Waals surface area contributed by atoms with Crippen LogP contribution in [-0.4, -0.2) is 42.6 Å². The number of hydrogen-bond acceptors (Lipinski definition) is 4. The molecule has 0 aliphatic heterocycles. The SMILES string of the molecule is CCCNCc1c(C)nn(C)c1N(CCOC)C(C)C. The number of nitrogens with zero attached hydrogens (tertiary/aromatic N) is 3. The second kappa shape index (κ2) is 8.27. The van der Waals surface area contributed by atoms with Gasteiger partial charge in [0.1, 0.15) is 5.82 Å². The fraction of sp³-hybridized carbons (Fsp3) is 0.800. The highest BCUT2D eigenvalue weighted by Crippen LogP contribution is 2.24. The molecule has 1 rings (SSSR count). The molecular formula is C15H30N4O. The average Bonchev–Trinajstić information content (AvgIpc) is 2.66. The van der Waals surface area contributed by atoms with Crippen molar-refractivity contribution >= 4 is 5.82 Å². The molecule has 5 heteroatoms. The minimum Gasteiger partial charge on any atom is -0.383 e. The fourth-order valence-corrected chi connectivity index (χ4v) is 2.44. The predicted molar refractivity (Wildman–Crippen MR) is 84.3 cm³/mol. The van der Waals surface area contributed by atoms with E-state index in [0.29, 0.717) is 6.04 Å². The van der Waals surface area contributed by atoms with Crippen molar-refractivity contribution in [1.29, 1.82) is 0 Å². The van der Waals surface area contributed by atoms with Gasteiger partial charge >= 0.3 is 0 Å². The van der Waals surface area contributed by atoms with Crippen LogP contribution in [0, 0.1) is 6.92 Å². The van der Waals surface area contributed by atoms with Crippen molar-refractivity contribution in [1.82, 2.24) is 15.1 Å². The number of hydrogen-bond donors (Lipinski definition) is 1. The summed E-state index contributed by atoms with van der Waals surface area (Å²) >= 11 is 0. The third-order valence-electron chi connectivity index (χ3n) is 3.47. The first-order chi connectivity index (χ1) is 9.52. The second-order valence-corrected chi connectivity index (χ2v) is 5.47. The molecule has 0 amide bonds. The van der Waals surface area contributed by atoms with Crippen LogP contribution in [0.3, 0.4) is 0 Å². The third kappa shape index (κ3) is 4.21. The Balaban J connectivity index is 2.99. The van der Waals surface area contributed by atoms with E-state index in [4.69, 9.17) is 4.74 Å². The molecule has 0 saturated carbocycles. The van der Waals surface area contributed by atoms with Gasteiger partial charge in [-0.1, -0.05) is 6.92 Å². The van der Waals surface area contributed by atoms with Crippen LogP contribution < -0.4 is 10.2 Å². The van der Waals surface area contributed by atoms with Crippen LogP contribution in [0.5, 0.6) is 0 Å². The molecule has 0 radical (unpaired) electrons. The lowest BCUT2D eigenvalue weighted by Crippen LogP contribution is -2.36. The van der Waals surface area contributed by atoms with Crippen LogP contribution in [-0.2, 0) is 18.3 Å². The van der Waals surface area contributed by atoms with Crippen LogP contribution >= 0.6 is 0 Å². The van der Waals surface area contributed by atoms with E-state index in [1.807, 2.05) is 11.7 Å². The Morgan fingerprint density at radius 3 is 2.65 bits per heavy atom. The van der Waals surface area contributed by atoms with Gasteiger partial charge in [0.15, 0.2) is 0 Å². The average molecular weight is 282 g/mol. The van der Waals surface area contributed by atoms with Crippen LogP contribution in [0.2, 0.25) is 0 Å². The Morgan fingerprint density at radius 1 is 1.40 bits per heavy atom. The Morgan fingerprint density at radius 2 is 2.10 bits per heavy atom. The smallest absolute Gasteiger partial charge is 0.131 e. The molecule has 0 saturated heterocycles. The van der Waals surface area contributed by atoms with Crippen molar-refractivity contribution in [2.45, 2.75) is 46.7 Å². The minimum absolute atomic E-state index is 0.421. The standard InChI is InChI=1S/C15H30N4O/c1-7-8-16-11-14-13(4)17-18(5)15(14)19(12(2)3)9-10-20-6/h12,16H,7-11H2,1-6H3. The fourth-order valence-electron chi connectivity index (χ4n) is 2.44. The number of methoxy groups -OCH3 is 1. The van der Waals surface area contributed by atoms with Crippen molar-refractivity contribution in [3.05, 3.63) is 11.3 Å². The van der Waals surface area contributed by atoms with Gasteiger partial charge in [0.2, 0.25) is 0 Å². The molecule has 1 aromatic heterocycles. The molecule has 0 spiro atoms. The summed E-state index contributed by atoms with van der Waals surface area (Å²) < 4.78 is 7.24. The van der Waals surface area contributed by atoms with Gasteiger partial charge < -0.3 is 15.0 Å². The third-order valence-corrected chi connectivity index (χ3v) is 3.47. The number of ether oxygens (including phenoxy) is 1. The van der Waals surface area contributed by atoms with E-state index >= 15 is 0 Å². The number of nitrogens with one attached hydrogen (secondary N) is 1. The lowest BCUT2D eigenvalue weighted by atomic mass is 10.2. The van der Waals surface area contributed by atoms with Crippen LogP contribution in [0.4, 0.5) is 5.82 Å². The minimum atomic E-state index is 0.421. The molecule has 5 nitrogen and oxygen atoms in total. The molecule has 116 valence electrons. The molecule has 20 heavy (non-hydrogen) atoms. The topological polar surface area (TPSA) is 42.3 Å². The number of aryl methyl sites for hydroxylation is 2. The molecule has 0 atom stereocenters. The summed E-state index contributed by atoms with van der Waals surface area (Å²) in [6.07, 6.45) is 1.15. The van der Waals surface area contributed by atoms with E-state index in [-0.39, 0.29) is 0 Å². The van der Waals surface area contributed by atoms with Gasteiger partial charge in [-0.25, -0.2) is 0 Å². The van der Waals surface area contributed by atoms with E-state index in [1.165, 1.54) is 11.4 Å². The molecule has 1 N–H and O–H groups in total. The Hall–Kier alpha value is -1.07. The molecule has 0 aliphatic carbocycles. The summed E-state index contributed by atoms with van der Waals surface area (Å²) in [5, 5.41) is 8.08. The van der Waals surface area contributed by atoms with Crippen molar-refractivity contribution in [3.63, 3.8) is 0 Å². The monoisotopic (exact) mass is 282 g/mol. The molecule has 0 aliphatic rings. The lowest BCUT2D eigenvalue weighted by molar-refractivity contribution is 0.203. The van der Waals surface area contributed by atoms with Gasteiger partial charge in [-0.15, -0.1) is 0 Å². The largest absolute Gasteiger partial charge is 0.383 e. The summed E-state index contributed by atoms with van der Waals surface area (Å²) in [6, 6.07) is 0.421. The Kier molecular flexibility index (Phi) is 7.02. The molecule has 0 aromatic carbocycles. The first-order valence-electron chi connectivity index (χ1n) is 7.51. The number of aromatic nitrogens is 2. The van der Waals surface area contributed by atoms with Crippen LogP contribution in [0.15, 0.2) is 0 Å². The Labute approximate surface area is 123 Å². The normalized spacial score (nSPS) is 11.3. The number of anilines is 1. The maximum Gasteiger partial charge on any atom is 0.131 e. The highest BCUT2D eigenvalue weighted by molar-refractivity contribution is 5.51. The van der Waals surface area contributed by atoms with Crippen molar-refractivity contribution in [2.75, 3.05) is 31.7 Å². The molecule has 1 heterocycles. The van der Waals surface area contributed by atoms with Crippen molar-refractivity contribution < 1.29 is 4.74 Å².